The minimum atomic E-state index is 0.0700. The maximum absolute atomic E-state index is 11.3. The summed E-state index contributed by atoms with van der Waals surface area (Å²) in [4.78, 5) is 11.3. The third-order valence-electron chi connectivity index (χ3n) is 2.18. The molecular formula is C9H17NO. The summed E-state index contributed by atoms with van der Waals surface area (Å²) in [7, 11) is 0. The van der Waals surface area contributed by atoms with Crippen LogP contribution in [0.3, 0.4) is 0 Å². The van der Waals surface area contributed by atoms with E-state index >= 15 is 0 Å². The van der Waals surface area contributed by atoms with E-state index in [4.69, 9.17) is 0 Å². The Morgan fingerprint density at radius 1 is 1.64 bits per heavy atom. The average molecular weight is 155 g/mol. The number of carbonyl (C=O) groups excluding carboxylic acids is 1. The Bertz CT molecular complexity index is 140. The molecule has 0 heterocycles. The Kier molecular flexibility index (Phi) is 3.06. The quantitative estimate of drug-likeness (QED) is 0.649. The summed E-state index contributed by atoms with van der Waals surface area (Å²) in [5.74, 6) is 1.11. The van der Waals surface area contributed by atoms with Crippen LogP contribution in [-0.2, 0) is 4.79 Å². The largest absolute Gasteiger partial charge is 0.308 e. The number of carbonyl (C=O) groups is 1. The summed E-state index contributed by atoms with van der Waals surface area (Å²) >= 11 is 0. The summed E-state index contributed by atoms with van der Waals surface area (Å²) in [5.41, 5.74) is 0. The zero-order valence-electron chi connectivity index (χ0n) is 7.39. The second-order valence-electron chi connectivity index (χ2n) is 3.39. The van der Waals surface area contributed by atoms with Gasteiger partial charge in [0.25, 0.3) is 0 Å². The van der Waals surface area contributed by atoms with Crippen LogP contribution in [0, 0.1) is 5.92 Å². The van der Waals surface area contributed by atoms with E-state index in [-0.39, 0.29) is 6.04 Å². The molecule has 1 aliphatic rings. The molecule has 0 saturated heterocycles. The summed E-state index contributed by atoms with van der Waals surface area (Å²) in [6.45, 7) is 4.87. The van der Waals surface area contributed by atoms with Gasteiger partial charge in [-0.3, -0.25) is 4.79 Å². The predicted molar refractivity (Wildman–Crippen MR) is 45.5 cm³/mol. The number of Topliss-reactive ketones (excluding diaryl/α,β-unsaturated/α-hetero) is 1. The highest BCUT2D eigenvalue weighted by atomic mass is 16.1. The van der Waals surface area contributed by atoms with Gasteiger partial charge in [-0.2, -0.15) is 0 Å². The number of rotatable bonds is 5. The van der Waals surface area contributed by atoms with Gasteiger partial charge in [0.05, 0.1) is 6.04 Å². The second kappa shape index (κ2) is 3.86. The van der Waals surface area contributed by atoms with Gasteiger partial charge in [-0.15, -0.1) is 0 Å². The first-order valence-corrected chi connectivity index (χ1v) is 4.50. The van der Waals surface area contributed by atoms with Crippen molar-refractivity contribution < 1.29 is 4.79 Å². The van der Waals surface area contributed by atoms with Gasteiger partial charge in [0.15, 0.2) is 0 Å². The third-order valence-corrected chi connectivity index (χ3v) is 2.18. The molecule has 1 unspecified atom stereocenters. The van der Waals surface area contributed by atoms with Crippen LogP contribution in [0.2, 0.25) is 0 Å². The predicted octanol–water partition coefficient (Wildman–Crippen LogP) is 1.35. The molecule has 1 rings (SSSR count). The summed E-state index contributed by atoms with van der Waals surface area (Å²) in [5, 5.41) is 3.13. The SMILES string of the molecule is CCNC(C)C(=O)CC1CC1. The van der Waals surface area contributed by atoms with E-state index in [1.807, 2.05) is 13.8 Å². The summed E-state index contributed by atoms with van der Waals surface area (Å²) in [6, 6.07) is 0.0700. The van der Waals surface area contributed by atoms with Crippen LogP contribution >= 0.6 is 0 Å². The molecule has 2 nitrogen and oxygen atoms in total. The molecule has 0 aromatic rings. The van der Waals surface area contributed by atoms with E-state index in [9.17, 15) is 4.79 Å². The van der Waals surface area contributed by atoms with Gasteiger partial charge in [-0.05, 0) is 32.2 Å². The van der Waals surface area contributed by atoms with Gasteiger partial charge in [-0.1, -0.05) is 6.92 Å². The Morgan fingerprint density at radius 2 is 2.27 bits per heavy atom. The minimum absolute atomic E-state index is 0.0700. The molecule has 1 fully saturated rings. The number of nitrogens with one attached hydrogen (secondary N) is 1. The van der Waals surface area contributed by atoms with E-state index < -0.39 is 0 Å². The fraction of sp³-hybridized carbons (Fsp3) is 0.889. The Hall–Kier alpha value is -0.370. The molecule has 2 heteroatoms. The van der Waals surface area contributed by atoms with Crippen molar-refractivity contribution in [2.24, 2.45) is 5.92 Å². The van der Waals surface area contributed by atoms with E-state index in [1.54, 1.807) is 0 Å². The van der Waals surface area contributed by atoms with Gasteiger partial charge < -0.3 is 5.32 Å². The van der Waals surface area contributed by atoms with E-state index in [1.165, 1.54) is 12.8 Å². The standard InChI is InChI=1S/C9H17NO/c1-3-10-7(2)9(11)6-8-4-5-8/h7-8,10H,3-6H2,1-2H3. The lowest BCUT2D eigenvalue weighted by molar-refractivity contribution is -0.121. The smallest absolute Gasteiger partial charge is 0.149 e. The molecule has 11 heavy (non-hydrogen) atoms. The zero-order valence-corrected chi connectivity index (χ0v) is 7.39. The zero-order chi connectivity index (χ0) is 8.27. The van der Waals surface area contributed by atoms with Crippen molar-refractivity contribution in [2.75, 3.05) is 6.54 Å². The van der Waals surface area contributed by atoms with E-state index in [2.05, 4.69) is 5.32 Å². The summed E-state index contributed by atoms with van der Waals surface area (Å²) in [6.07, 6.45) is 3.34. The molecule has 0 radical (unpaired) electrons. The first-order chi connectivity index (χ1) is 5.24. The molecule has 0 bridgehead atoms. The first-order valence-electron chi connectivity index (χ1n) is 4.50. The van der Waals surface area contributed by atoms with Crippen molar-refractivity contribution >= 4 is 5.78 Å². The third kappa shape index (κ3) is 3.02. The summed E-state index contributed by atoms with van der Waals surface area (Å²) < 4.78 is 0. The van der Waals surface area contributed by atoms with Crippen LogP contribution in [0.15, 0.2) is 0 Å². The number of ketones is 1. The van der Waals surface area contributed by atoms with Crippen LogP contribution in [0.25, 0.3) is 0 Å². The van der Waals surface area contributed by atoms with Crippen LogP contribution in [-0.4, -0.2) is 18.4 Å². The Morgan fingerprint density at radius 3 is 2.73 bits per heavy atom. The fourth-order valence-electron chi connectivity index (χ4n) is 1.20. The van der Waals surface area contributed by atoms with Crippen LogP contribution < -0.4 is 5.32 Å². The second-order valence-corrected chi connectivity index (χ2v) is 3.39. The molecule has 1 saturated carbocycles. The fourth-order valence-corrected chi connectivity index (χ4v) is 1.20. The van der Waals surface area contributed by atoms with Gasteiger partial charge in [-0.25, -0.2) is 0 Å². The minimum Gasteiger partial charge on any atom is -0.308 e. The lowest BCUT2D eigenvalue weighted by Crippen LogP contribution is -2.33. The van der Waals surface area contributed by atoms with E-state index in [0.29, 0.717) is 5.78 Å². The van der Waals surface area contributed by atoms with Gasteiger partial charge in [0.1, 0.15) is 5.78 Å². The molecule has 0 amide bonds. The van der Waals surface area contributed by atoms with Crippen molar-refractivity contribution in [3.63, 3.8) is 0 Å². The van der Waals surface area contributed by atoms with Gasteiger partial charge in [0.2, 0.25) is 0 Å². The lowest BCUT2D eigenvalue weighted by Gasteiger charge is -2.09. The maximum atomic E-state index is 11.3. The molecule has 0 aliphatic heterocycles. The Labute approximate surface area is 68.4 Å². The lowest BCUT2D eigenvalue weighted by atomic mass is 10.1. The van der Waals surface area contributed by atoms with Crippen LogP contribution in [0.1, 0.15) is 33.1 Å². The first kappa shape index (κ1) is 8.72. The molecule has 1 N–H and O–H groups in total. The normalized spacial score (nSPS) is 19.8. The average Bonchev–Trinajstić information content (AvgIpc) is 2.72. The number of hydrogen-bond donors (Lipinski definition) is 1. The molecular weight excluding hydrogens is 138 g/mol. The molecule has 1 aliphatic carbocycles. The monoisotopic (exact) mass is 155 g/mol. The topological polar surface area (TPSA) is 29.1 Å². The van der Waals surface area contributed by atoms with Crippen LogP contribution in [0.5, 0.6) is 0 Å². The van der Waals surface area contributed by atoms with Crippen molar-refractivity contribution in [3.8, 4) is 0 Å². The Balaban J connectivity index is 2.15. The van der Waals surface area contributed by atoms with Gasteiger partial charge >= 0.3 is 0 Å². The van der Waals surface area contributed by atoms with Crippen molar-refractivity contribution in [1.29, 1.82) is 0 Å². The highest BCUT2D eigenvalue weighted by Crippen LogP contribution is 2.32. The molecule has 64 valence electrons. The molecule has 1 atom stereocenters. The number of likely N-dealkylation sites (N-methyl/N-ethyl adjacent to an activating group) is 1. The van der Waals surface area contributed by atoms with Crippen molar-refractivity contribution in [1.82, 2.24) is 5.32 Å². The van der Waals surface area contributed by atoms with Crippen LogP contribution in [0.4, 0.5) is 0 Å². The molecule has 0 aromatic heterocycles. The molecule has 0 spiro atoms. The van der Waals surface area contributed by atoms with Gasteiger partial charge in [0, 0.05) is 6.42 Å². The number of hydrogen-bond acceptors (Lipinski definition) is 2. The van der Waals surface area contributed by atoms with E-state index in [0.717, 1.165) is 18.9 Å². The highest BCUT2D eigenvalue weighted by Gasteiger charge is 2.26. The maximum Gasteiger partial charge on any atom is 0.149 e. The highest BCUT2D eigenvalue weighted by molar-refractivity contribution is 5.84. The van der Waals surface area contributed by atoms with Crippen molar-refractivity contribution in [3.05, 3.63) is 0 Å². The molecule has 0 aromatic carbocycles. The van der Waals surface area contributed by atoms with Crippen molar-refractivity contribution in [2.45, 2.75) is 39.2 Å².